The highest BCUT2D eigenvalue weighted by molar-refractivity contribution is 5.94. The molecule has 0 saturated heterocycles. The van der Waals surface area contributed by atoms with Crippen LogP contribution in [0.3, 0.4) is 0 Å². The summed E-state index contributed by atoms with van der Waals surface area (Å²) in [5, 5.41) is 14.9. The number of fused-ring (bicyclic) bond motifs is 7. The van der Waals surface area contributed by atoms with Gasteiger partial charge in [0.05, 0.1) is 28.5 Å². The number of hydrogen-bond donors (Lipinski definition) is 3. The monoisotopic (exact) mass is 658 g/mol. The molecule has 10 rings (SSSR count). The van der Waals surface area contributed by atoms with E-state index in [-0.39, 0.29) is 29.0 Å². The Bertz CT molecular complexity index is 1890. The third-order valence-electron chi connectivity index (χ3n) is 13.7. The lowest BCUT2D eigenvalue weighted by Crippen LogP contribution is -2.94. The first kappa shape index (κ1) is 29.1. The zero-order chi connectivity index (χ0) is 34.0. The van der Waals surface area contributed by atoms with Crippen molar-refractivity contribution >= 4 is 24.0 Å². The van der Waals surface area contributed by atoms with Crippen LogP contribution in [-0.2, 0) is 15.9 Å². The number of hydrogen-bond acceptors (Lipinski definition) is 6. The zero-order valence-electron chi connectivity index (χ0n) is 28.9. The van der Waals surface area contributed by atoms with Gasteiger partial charge in [0.2, 0.25) is 0 Å². The lowest BCUT2D eigenvalue weighted by Gasteiger charge is -2.86. The fourth-order valence-electron chi connectivity index (χ4n) is 13.4. The first-order valence-electron chi connectivity index (χ1n) is 17.4. The molecule has 1 aromatic carbocycles. The molecule has 254 valence electrons. The normalized spacial score (nSPS) is 41.7. The summed E-state index contributed by atoms with van der Waals surface area (Å²) in [7, 11) is 0. The molecule has 12 heteroatoms. The summed E-state index contributed by atoms with van der Waals surface area (Å²) in [4.78, 5) is 41.9. The van der Waals surface area contributed by atoms with Crippen LogP contribution in [0.15, 0.2) is 12.1 Å². The van der Waals surface area contributed by atoms with Gasteiger partial charge in [0.25, 0.3) is 0 Å². The van der Waals surface area contributed by atoms with Crippen molar-refractivity contribution in [3.63, 3.8) is 0 Å². The maximum Gasteiger partial charge on any atom is 0.410 e. The predicted molar refractivity (Wildman–Crippen MR) is 171 cm³/mol. The molecule has 2 spiro atoms. The Balaban J connectivity index is 0.943. The lowest BCUT2D eigenvalue weighted by molar-refractivity contribution is -0.372. The third-order valence-corrected chi connectivity index (χ3v) is 13.7. The first-order valence-corrected chi connectivity index (χ1v) is 17.4. The average molecular weight is 659 g/mol. The van der Waals surface area contributed by atoms with Crippen molar-refractivity contribution in [1.29, 1.82) is 0 Å². The van der Waals surface area contributed by atoms with E-state index < -0.39 is 23.3 Å². The molecule has 8 aliphatic rings. The van der Waals surface area contributed by atoms with Crippen LogP contribution < -0.4 is 16.0 Å². The van der Waals surface area contributed by atoms with Gasteiger partial charge < -0.3 is 25.0 Å². The van der Waals surface area contributed by atoms with Gasteiger partial charge in [-0.1, -0.05) is 0 Å². The van der Waals surface area contributed by atoms with E-state index in [0.29, 0.717) is 81.9 Å². The summed E-state index contributed by atoms with van der Waals surface area (Å²) in [6, 6.07) is 2.74. The molecule has 7 aliphatic carbocycles. The van der Waals surface area contributed by atoms with E-state index >= 15 is 0 Å². The van der Waals surface area contributed by atoms with Gasteiger partial charge in [0, 0.05) is 18.5 Å². The molecule has 7 fully saturated rings. The summed E-state index contributed by atoms with van der Waals surface area (Å²) < 4.78 is 27.8. The number of nitrogens with one attached hydrogen (secondary N) is 3. The molecule has 0 radical (unpaired) electrons. The van der Waals surface area contributed by atoms with E-state index in [4.69, 9.17) is 14.6 Å². The van der Waals surface area contributed by atoms with Gasteiger partial charge in [-0.15, -0.1) is 0 Å². The van der Waals surface area contributed by atoms with Crippen LogP contribution >= 0.6 is 0 Å². The summed E-state index contributed by atoms with van der Waals surface area (Å²) in [5.74, 6) is 2.80. The molecule has 4 amide bonds. The molecule has 11 nitrogen and oxygen atoms in total. The number of urea groups is 1. The Labute approximate surface area is 278 Å². The van der Waals surface area contributed by atoms with E-state index in [1.54, 1.807) is 35.6 Å². The molecule has 7 saturated carbocycles. The average Bonchev–Trinajstić information content (AvgIpc) is 3.78. The van der Waals surface area contributed by atoms with Crippen LogP contribution in [0.5, 0.6) is 0 Å². The smallest absolute Gasteiger partial charge is 0.410 e. The number of halogens is 1. The van der Waals surface area contributed by atoms with Gasteiger partial charge in [0.15, 0.2) is 0 Å². The topological polar surface area (TPSA) is 127 Å². The predicted octanol–water partition coefficient (Wildman–Crippen LogP) is 5.37. The Morgan fingerprint density at radius 1 is 0.896 bits per heavy atom. The standard InChI is InChI=1S/C36H43FN6O5/c1-14-12-17(13-15(2)20(14)37)43-25(19-16(3)42(11-10-18(19)41-43)30(46)48-32(7,8)9)38-28(44)39-35-21-23-33(21)26(35)34-22(35)24(34)36(23,27(33)34)40-29(45)47-31(4,5)6/h12-13,16,21-24,26-27H,10-11H2,1-9H3,(H,40,45)(H2,38,39,44)/t16-,21?,22?,23?,24?,26?,27?,33?,34?,35?,36?/m0/s1. The van der Waals surface area contributed by atoms with Crippen molar-refractivity contribution in [3.05, 3.63) is 40.3 Å². The Hall–Kier alpha value is -3.83. The van der Waals surface area contributed by atoms with E-state index in [9.17, 15) is 18.8 Å². The number of nitrogens with zero attached hydrogens (tertiary/aromatic N) is 3. The highest BCUT2D eigenvalue weighted by Crippen LogP contribution is 3.26. The van der Waals surface area contributed by atoms with Gasteiger partial charge in [-0.05, 0) is 132 Å². The second-order valence-corrected chi connectivity index (χ2v) is 18.0. The largest absolute Gasteiger partial charge is 0.444 e. The number of rotatable bonds is 4. The summed E-state index contributed by atoms with van der Waals surface area (Å²) in [6.45, 7) is 17.0. The van der Waals surface area contributed by atoms with Gasteiger partial charge >= 0.3 is 18.2 Å². The fourth-order valence-corrected chi connectivity index (χ4v) is 13.4. The minimum Gasteiger partial charge on any atom is -0.444 e. The molecule has 0 bridgehead atoms. The second-order valence-electron chi connectivity index (χ2n) is 18.0. The lowest BCUT2D eigenvalue weighted by atomic mass is 9.19. The Morgan fingerprint density at radius 2 is 1.44 bits per heavy atom. The third kappa shape index (κ3) is 2.75. The van der Waals surface area contributed by atoms with Crippen molar-refractivity contribution < 1.29 is 28.2 Å². The number of benzene rings is 1. The van der Waals surface area contributed by atoms with E-state index in [1.807, 2.05) is 48.5 Å². The number of aryl methyl sites for hydroxylation is 2. The van der Waals surface area contributed by atoms with Crippen LogP contribution in [0.4, 0.5) is 24.6 Å². The Morgan fingerprint density at radius 3 is 1.98 bits per heavy atom. The molecule has 48 heavy (non-hydrogen) atoms. The van der Waals surface area contributed by atoms with Crippen molar-refractivity contribution in [1.82, 2.24) is 25.3 Å². The van der Waals surface area contributed by atoms with Crippen molar-refractivity contribution in [3.8, 4) is 5.69 Å². The quantitative estimate of drug-likeness (QED) is 0.406. The van der Waals surface area contributed by atoms with Crippen LogP contribution in [0.1, 0.15) is 76.9 Å². The summed E-state index contributed by atoms with van der Waals surface area (Å²) in [6.07, 6.45) is -0.265. The molecular weight excluding hydrogens is 615 g/mol. The molecule has 6 unspecified atom stereocenters. The molecule has 1 aromatic heterocycles. The van der Waals surface area contributed by atoms with Crippen LogP contribution in [0, 0.1) is 66.0 Å². The van der Waals surface area contributed by atoms with Crippen LogP contribution in [0.25, 0.3) is 5.69 Å². The fraction of sp³-hybridized carbons (Fsp3) is 0.667. The maximum absolute atomic E-state index is 14.7. The number of aromatic nitrogens is 2. The number of carbonyl (C=O) groups excluding carboxylic acids is 3. The van der Waals surface area contributed by atoms with Crippen molar-refractivity contribution in [2.45, 2.75) is 97.1 Å². The number of carbonyl (C=O) groups is 3. The number of alkyl carbamates (subject to hydrolysis) is 1. The first-order chi connectivity index (χ1) is 22.4. The van der Waals surface area contributed by atoms with Crippen molar-refractivity contribution in [2.24, 2.45) is 46.3 Å². The van der Waals surface area contributed by atoms with E-state index in [0.717, 1.165) is 11.3 Å². The SMILES string of the molecule is Cc1cc(-n2nc3c(c2NC(=O)NC24C5C6C7(NC(=O)OC(C)(C)C)C8C2C82C4C56C72)[C@H](C)N(C(=O)OC(C)(C)C)CC3)cc(C)c1F. The molecule has 2 heterocycles. The second kappa shape index (κ2) is 7.81. The molecular formula is C36H43FN6O5. The van der Waals surface area contributed by atoms with E-state index in [1.165, 1.54) is 0 Å². The number of amides is 4. The molecule has 7 atom stereocenters. The van der Waals surface area contributed by atoms with Gasteiger partial charge in [-0.25, -0.2) is 23.5 Å². The molecule has 2 aromatic rings. The van der Waals surface area contributed by atoms with E-state index in [2.05, 4.69) is 16.0 Å². The van der Waals surface area contributed by atoms with Gasteiger partial charge in [-0.3, -0.25) is 5.32 Å². The zero-order valence-corrected chi connectivity index (χ0v) is 28.9. The minimum absolute atomic E-state index is 0.150. The Kier molecular flexibility index (Phi) is 4.74. The van der Waals surface area contributed by atoms with Crippen molar-refractivity contribution in [2.75, 3.05) is 11.9 Å². The van der Waals surface area contributed by atoms with Crippen LogP contribution in [-0.4, -0.2) is 61.7 Å². The number of ether oxygens (including phenoxy) is 2. The highest BCUT2D eigenvalue weighted by Gasteiger charge is 3.31. The van der Waals surface area contributed by atoms with Gasteiger partial charge in [0.1, 0.15) is 22.8 Å². The highest BCUT2D eigenvalue weighted by atomic mass is 19.1. The molecule has 3 N–H and O–H groups in total. The summed E-state index contributed by atoms with van der Waals surface area (Å²) >= 11 is 0. The van der Waals surface area contributed by atoms with Crippen LogP contribution in [0.2, 0.25) is 0 Å². The maximum atomic E-state index is 14.7. The minimum atomic E-state index is -0.656. The van der Waals surface area contributed by atoms with Gasteiger partial charge in [-0.2, -0.15) is 5.10 Å². The number of anilines is 1. The summed E-state index contributed by atoms with van der Waals surface area (Å²) in [5.41, 5.74) is 2.13. The molecule has 1 aliphatic heterocycles.